The summed E-state index contributed by atoms with van der Waals surface area (Å²) in [6.07, 6.45) is 10.8. The molecule has 7 unspecified atom stereocenters. The predicted molar refractivity (Wildman–Crippen MR) is 87.1 cm³/mol. The summed E-state index contributed by atoms with van der Waals surface area (Å²) < 4.78 is 5.80. The van der Waals surface area contributed by atoms with E-state index in [0.29, 0.717) is 18.4 Å². The van der Waals surface area contributed by atoms with Gasteiger partial charge in [0.2, 0.25) is 0 Å². The fraction of sp³-hybridized carbons (Fsp3) is 0.850. The lowest BCUT2D eigenvalue weighted by Crippen LogP contribution is -2.43. The van der Waals surface area contributed by atoms with Crippen LogP contribution in [0.4, 0.5) is 0 Å². The molecule has 0 aromatic rings. The maximum atomic E-state index is 12.8. The van der Waals surface area contributed by atoms with E-state index in [2.05, 4.69) is 32.9 Å². The number of rotatable bonds is 5. The Morgan fingerprint density at radius 3 is 2.55 bits per heavy atom. The molecule has 0 radical (unpaired) electrons. The molecule has 2 heteroatoms. The number of hydrogen-bond donors (Lipinski definition) is 0. The summed E-state index contributed by atoms with van der Waals surface area (Å²) in [7, 11) is 0. The van der Waals surface area contributed by atoms with E-state index in [1.54, 1.807) is 0 Å². The van der Waals surface area contributed by atoms with Crippen molar-refractivity contribution in [2.45, 2.75) is 52.9 Å². The highest BCUT2D eigenvalue weighted by molar-refractivity contribution is 5.77. The van der Waals surface area contributed by atoms with E-state index in [1.807, 2.05) is 0 Å². The van der Waals surface area contributed by atoms with E-state index in [4.69, 9.17) is 4.74 Å². The zero-order chi connectivity index (χ0) is 15.5. The molecule has 4 rings (SSSR count). The second-order valence-electron chi connectivity index (χ2n) is 8.61. The third-order valence-corrected chi connectivity index (χ3v) is 7.72. The Morgan fingerprint density at radius 1 is 1.18 bits per heavy atom. The van der Waals surface area contributed by atoms with Gasteiger partial charge in [-0.2, -0.15) is 0 Å². The molecule has 122 valence electrons. The fourth-order valence-electron chi connectivity index (χ4n) is 6.49. The van der Waals surface area contributed by atoms with Crippen LogP contribution in [0.5, 0.6) is 0 Å². The van der Waals surface area contributed by atoms with Gasteiger partial charge in [0.15, 0.2) is 0 Å². The SMILES string of the molecule is CCC(CC)COC(=O)C1(C)CC2CC1C1C3C=CC(C3)C21. The van der Waals surface area contributed by atoms with E-state index in [9.17, 15) is 4.79 Å². The van der Waals surface area contributed by atoms with Crippen molar-refractivity contribution in [3.63, 3.8) is 0 Å². The molecule has 0 N–H and O–H groups in total. The van der Waals surface area contributed by atoms with Crippen molar-refractivity contribution in [3.8, 4) is 0 Å². The third-order valence-electron chi connectivity index (χ3n) is 7.72. The average molecular weight is 302 g/mol. The molecule has 4 aliphatic rings. The summed E-state index contributed by atoms with van der Waals surface area (Å²) in [5.74, 6) is 5.25. The standard InChI is InChI=1S/C20H30O2/c1-4-12(5-2)11-22-19(21)20(3)10-15-9-16(20)18-14-7-6-13(8-14)17(15)18/h6-7,12-18H,4-5,8-11H2,1-3H3. The van der Waals surface area contributed by atoms with Gasteiger partial charge in [-0.25, -0.2) is 0 Å². The zero-order valence-corrected chi connectivity index (χ0v) is 14.3. The highest BCUT2D eigenvalue weighted by Crippen LogP contribution is 2.70. The summed E-state index contributed by atoms with van der Waals surface area (Å²) in [5.41, 5.74) is -0.198. The average Bonchev–Trinajstić information content (AvgIpc) is 3.25. The lowest BCUT2D eigenvalue weighted by atomic mass is 9.63. The topological polar surface area (TPSA) is 26.3 Å². The summed E-state index contributed by atoms with van der Waals surface area (Å²) in [6.45, 7) is 7.21. The first-order chi connectivity index (χ1) is 10.6. The molecule has 0 saturated heterocycles. The number of carbonyl (C=O) groups is 1. The van der Waals surface area contributed by atoms with Gasteiger partial charge in [-0.3, -0.25) is 4.79 Å². The number of allylic oxidation sites excluding steroid dienone is 2. The Morgan fingerprint density at radius 2 is 1.86 bits per heavy atom. The van der Waals surface area contributed by atoms with Crippen LogP contribution in [0.25, 0.3) is 0 Å². The van der Waals surface area contributed by atoms with Gasteiger partial charge in [-0.1, -0.05) is 38.8 Å². The van der Waals surface area contributed by atoms with Gasteiger partial charge >= 0.3 is 5.97 Å². The van der Waals surface area contributed by atoms with Crippen molar-refractivity contribution in [1.82, 2.24) is 0 Å². The largest absolute Gasteiger partial charge is 0.465 e. The van der Waals surface area contributed by atoms with Gasteiger partial charge in [-0.05, 0) is 67.6 Å². The Balaban J connectivity index is 1.47. The van der Waals surface area contributed by atoms with E-state index >= 15 is 0 Å². The minimum absolute atomic E-state index is 0.108. The number of ether oxygens (including phenoxy) is 1. The van der Waals surface area contributed by atoms with Gasteiger partial charge in [0.1, 0.15) is 0 Å². The summed E-state index contributed by atoms with van der Waals surface area (Å²) in [5, 5.41) is 0. The van der Waals surface area contributed by atoms with Crippen molar-refractivity contribution in [2.75, 3.05) is 6.61 Å². The highest BCUT2D eigenvalue weighted by Gasteiger charge is 2.66. The van der Waals surface area contributed by atoms with Crippen LogP contribution in [0.15, 0.2) is 12.2 Å². The minimum Gasteiger partial charge on any atom is -0.465 e. The van der Waals surface area contributed by atoms with Crippen LogP contribution in [0.3, 0.4) is 0 Å². The molecule has 0 amide bonds. The van der Waals surface area contributed by atoms with Gasteiger partial charge < -0.3 is 4.74 Å². The van der Waals surface area contributed by atoms with Crippen molar-refractivity contribution in [3.05, 3.63) is 12.2 Å². The predicted octanol–water partition coefficient (Wildman–Crippen LogP) is 4.45. The van der Waals surface area contributed by atoms with Crippen molar-refractivity contribution < 1.29 is 9.53 Å². The van der Waals surface area contributed by atoms with Gasteiger partial charge in [0.05, 0.1) is 12.0 Å². The molecule has 22 heavy (non-hydrogen) atoms. The molecule has 0 aliphatic heterocycles. The van der Waals surface area contributed by atoms with E-state index in [-0.39, 0.29) is 11.4 Å². The first-order valence-corrected chi connectivity index (χ1v) is 9.44. The lowest BCUT2D eigenvalue weighted by molar-refractivity contribution is -0.162. The van der Waals surface area contributed by atoms with Crippen LogP contribution in [0, 0.1) is 46.8 Å². The molecule has 3 fully saturated rings. The van der Waals surface area contributed by atoms with Crippen molar-refractivity contribution in [2.24, 2.45) is 46.8 Å². The highest BCUT2D eigenvalue weighted by atomic mass is 16.5. The molecule has 0 aromatic carbocycles. The fourth-order valence-corrected chi connectivity index (χ4v) is 6.49. The van der Waals surface area contributed by atoms with Crippen LogP contribution in [0.1, 0.15) is 52.9 Å². The van der Waals surface area contributed by atoms with Gasteiger partial charge in [0, 0.05) is 0 Å². The molecule has 3 saturated carbocycles. The smallest absolute Gasteiger partial charge is 0.312 e. The molecule has 7 atom stereocenters. The molecular formula is C20H30O2. The van der Waals surface area contributed by atoms with E-state index < -0.39 is 0 Å². The number of fused-ring (bicyclic) bond motifs is 9. The van der Waals surface area contributed by atoms with Crippen LogP contribution >= 0.6 is 0 Å². The Kier molecular flexibility index (Phi) is 3.43. The van der Waals surface area contributed by atoms with Crippen LogP contribution < -0.4 is 0 Å². The molecule has 4 bridgehead atoms. The first-order valence-electron chi connectivity index (χ1n) is 9.44. The number of carbonyl (C=O) groups excluding carboxylic acids is 1. The number of hydrogen-bond acceptors (Lipinski definition) is 2. The monoisotopic (exact) mass is 302 g/mol. The molecule has 4 aliphatic carbocycles. The summed E-state index contributed by atoms with van der Waals surface area (Å²) in [6, 6.07) is 0. The quantitative estimate of drug-likeness (QED) is 0.426. The third kappa shape index (κ3) is 1.88. The van der Waals surface area contributed by atoms with Crippen LogP contribution in [-0.4, -0.2) is 12.6 Å². The molecule has 0 spiro atoms. The lowest BCUT2D eigenvalue weighted by Gasteiger charge is -2.41. The van der Waals surface area contributed by atoms with E-state index in [1.165, 1.54) is 12.8 Å². The number of esters is 1. The normalized spacial score (nSPS) is 47.5. The molecule has 2 nitrogen and oxygen atoms in total. The molecule has 0 heterocycles. The minimum atomic E-state index is -0.198. The first kappa shape index (κ1) is 14.8. The maximum Gasteiger partial charge on any atom is 0.312 e. The Labute approximate surface area is 134 Å². The second-order valence-corrected chi connectivity index (χ2v) is 8.61. The van der Waals surface area contributed by atoms with Crippen molar-refractivity contribution >= 4 is 5.97 Å². The second kappa shape index (κ2) is 5.11. The Hall–Kier alpha value is -0.790. The van der Waals surface area contributed by atoms with Gasteiger partial charge in [0.25, 0.3) is 0 Å². The van der Waals surface area contributed by atoms with Crippen LogP contribution in [-0.2, 0) is 9.53 Å². The van der Waals surface area contributed by atoms with E-state index in [0.717, 1.165) is 48.9 Å². The Bertz CT molecular complexity index is 492. The zero-order valence-electron chi connectivity index (χ0n) is 14.3. The molecular weight excluding hydrogens is 272 g/mol. The summed E-state index contributed by atoms with van der Waals surface area (Å²) >= 11 is 0. The molecule has 0 aromatic heterocycles. The van der Waals surface area contributed by atoms with Crippen LogP contribution in [0.2, 0.25) is 0 Å². The van der Waals surface area contributed by atoms with Crippen molar-refractivity contribution in [1.29, 1.82) is 0 Å². The summed E-state index contributed by atoms with van der Waals surface area (Å²) in [4.78, 5) is 12.8. The van der Waals surface area contributed by atoms with Gasteiger partial charge in [-0.15, -0.1) is 0 Å². The maximum absolute atomic E-state index is 12.8.